The molecule has 1 fully saturated rings. The van der Waals surface area contributed by atoms with Crippen LogP contribution in [-0.4, -0.2) is 30.6 Å². The summed E-state index contributed by atoms with van der Waals surface area (Å²) in [5, 5.41) is 3.66. The van der Waals surface area contributed by atoms with Crippen LogP contribution in [0, 0.1) is 0 Å². The maximum absolute atomic E-state index is 12.3. The Labute approximate surface area is 124 Å². The van der Waals surface area contributed by atoms with E-state index in [1.807, 2.05) is 11.8 Å². The number of hydrogen-bond donors (Lipinski definition) is 2. The van der Waals surface area contributed by atoms with Crippen molar-refractivity contribution >= 4 is 23.4 Å². The Bertz CT molecular complexity index is 479. The SMILES string of the molecule is COc1ccc(C(=O)NC2CCCCC2SC)cc1N. The number of hydrogen-bond acceptors (Lipinski definition) is 4. The molecule has 1 saturated carbocycles. The van der Waals surface area contributed by atoms with E-state index >= 15 is 0 Å². The highest BCUT2D eigenvalue weighted by Crippen LogP contribution is 2.28. The van der Waals surface area contributed by atoms with Gasteiger partial charge in [0, 0.05) is 16.9 Å². The van der Waals surface area contributed by atoms with Crippen molar-refractivity contribution in [3.63, 3.8) is 0 Å². The molecule has 5 heteroatoms. The Morgan fingerprint density at radius 3 is 2.80 bits per heavy atom. The maximum atomic E-state index is 12.3. The largest absolute Gasteiger partial charge is 0.495 e. The van der Waals surface area contributed by atoms with Crippen LogP contribution in [0.4, 0.5) is 5.69 Å². The molecule has 2 rings (SSSR count). The summed E-state index contributed by atoms with van der Waals surface area (Å²) in [4.78, 5) is 12.3. The van der Waals surface area contributed by atoms with Crippen molar-refractivity contribution in [2.45, 2.75) is 37.0 Å². The monoisotopic (exact) mass is 294 g/mol. The fourth-order valence-electron chi connectivity index (χ4n) is 2.67. The van der Waals surface area contributed by atoms with E-state index in [1.54, 1.807) is 25.3 Å². The van der Waals surface area contributed by atoms with E-state index in [1.165, 1.54) is 19.3 Å². The second-order valence-electron chi connectivity index (χ2n) is 5.10. The molecule has 1 aromatic carbocycles. The van der Waals surface area contributed by atoms with E-state index in [0.717, 1.165) is 6.42 Å². The van der Waals surface area contributed by atoms with Crippen LogP contribution in [0.5, 0.6) is 5.75 Å². The highest BCUT2D eigenvalue weighted by molar-refractivity contribution is 7.99. The van der Waals surface area contributed by atoms with Crippen LogP contribution in [0.2, 0.25) is 0 Å². The number of rotatable bonds is 4. The van der Waals surface area contributed by atoms with Crippen molar-refractivity contribution in [1.29, 1.82) is 0 Å². The van der Waals surface area contributed by atoms with Crippen LogP contribution in [0.15, 0.2) is 18.2 Å². The second-order valence-corrected chi connectivity index (χ2v) is 6.17. The molecule has 0 heterocycles. The van der Waals surface area contributed by atoms with Crippen LogP contribution in [0.1, 0.15) is 36.0 Å². The molecule has 2 unspecified atom stereocenters. The number of benzene rings is 1. The third-order valence-corrected chi connectivity index (χ3v) is 4.98. The fraction of sp³-hybridized carbons (Fsp3) is 0.533. The molecule has 1 aliphatic rings. The molecule has 1 amide bonds. The predicted molar refractivity (Wildman–Crippen MR) is 84.4 cm³/mol. The van der Waals surface area contributed by atoms with Gasteiger partial charge < -0.3 is 15.8 Å². The summed E-state index contributed by atoms with van der Waals surface area (Å²) in [6.07, 6.45) is 6.79. The van der Waals surface area contributed by atoms with E-state index in [9.17, 15) is 4.79 Å². The van der Waals surface area contributed by atoms with E-state index in [-0.39, 0.29) is 11.9 Å². The number of carbonyl (C=O) groups is 1. The van der Waals surface area contributed by atoms with Gasteiger partial charge in [-0.05, 0) is 37.3 Å². The molecule has 20 heavy (non-hydrogen) atoms. The van der Waals surface area contributed by atoms with Crippen LogP contribution >= 0.6 is 11.8 Å². The van der Waals surface area contributed by atoms with Gasteiger partial charge in [-0.1, -0.05) is 12.8 Å². The number of anilines is 1. The van der Waals surface area contributed by atoms with E-state index in [0.29, 0.717) is 22.3 Å². The minimum atomic E-state index is -0.0506. The Hall–Kier alpha value is -1.36. The summed E-state index contributed by atoms with van der Waals surface area (Å²) in [7, 11) is 1.57. The minimum Gasteiger partial charge on any atom is -0.495 e. The second kappa shape index (κ2) is 6.88. The third-order valence-electron chi connectivity index (χ3n) is 3.81. The van der Waals surface area contributed by atoms with Crippen molar-refractivity contribution in [2.24, 2.45) is 0 Å². The van der Waals surface area contributed by atoms with E-state index < -0.39 is 0 Å². The minimum absolute atomic E-state index is 0.0506. The molecule has 4 nitrogen and oxygen atoms in total. The molecule has 0 spiro atoms. The molecular formula is C15H22N2O2S. The molecule has 110 valence electrons. The summed E-state index contributed by atoms with van der Waals surface area (Å²) in [5.74, 6) is 0.548. The van der Waals surface area contributed by atoms with Gasteiger partial charge in [-0.25, -0.2) is 0 Å². The van der Waals surface area contributed by atoms with Crippen molar-refractivity contribution in [3.8, 4) is 5.75 Å². The molecule has 3 N–H and O–H groups in total. The highest BCUT2D eigenvalue weighted by Gasteiger charge is 2.26. The molecule has 0 radical (unpaired) electrons. The molecular weight excluding hydrogens is 272 g/mol. The number of nitrogen functional groups attached to an aromatic ring is 1. The molecule has 1 aliphatic carbocycles. The van der Waals surface area contributed by atoms with Crippen LogP contribution < -0.4 is 15.8 Å². The summed E-state index contributed by atoms with van der Waals surface area (Å²) in [6, 6.07) is 5.42. The number of thioether (sulfide) groups is 1. The smallest absolute Gasteiger partial charge is 0.251 e. The number of carbonyl (C=O) groups excluding carboxylic acids is 1. The van der Waals surface area contributed by atoms with Crippen LogP contribution in [-0.2, 0) is 0 Å². The molecule has 0 bridgehead atoms. The molecule has 0 saturated heterocycles. The lowest BCUT2D eigenvalue weighted by Gasteiger charge is -2.31. The topological polar surface area (TPSA) is 64.3 Å². The van der Waals surface area contributed by atoms with Gasteiger partial charge >= 0.3 is 0 Å². The van der Waals surface area contributed by atoms with Gasteiger partial charge in [0.1, 0.15) is 5.75 Å². The zero-order chi connectivity index (χ0) is 14.5. The Kier molecular flexibility index (Phi) is 5.17. The molecule has 0 aliphatic heterocycles. The highest BCUT2D eigenvalue weighted by atomic mass is 32.2. The first kappa shape index (κ1) is 15.0. The fourth-order valence-corrected chi connectivity index (χ4v) is 3.61. The summed E-state index contributed by atoms with van der Waals surface area (Å²) in [6.45, 7) is 0. The average molecular weight is 294 g/mol. The van der Waals surface area contributed by atoms with Gasteiger partial charge in [0.15, 0.2) is 0 Å². The van der Waals surface area contributed by atoms with Crippen molar-refractivity contribution in [2.75, 3.05) is 19.1 Å². The van der Waals surface area contributed by atoms with Gasteiger partial charge in [-0.3, -0.25) is 4.79 Å². The van der Waals surface area contributed by atoms with Gasteiger partial charge in [0.05, 0.1) is 12.8 Å². The van der Waals surface area contributed by atoms with E-state index in [2.05, 4.69) is 11.6 Å². The Morgan fingerprint density at radius 1 is 1.40 bits per heavy atom. The number of methoxy groups -OCH3 is 1. The zero-order valence-corrected chi connectivity index (χ0v) is 12.8. The lowest BCUT2D eigenvalue weighted by atomic mass is 9.94. The number of nitrogens with two attached hydrogens (primary N) is 1. The zero-order valence-electron chi connectivity index (χ0n) is 12.0. The quantitative estimate of drug-likeness (QED) is 0.838. The summed E-state index contributed by atoms with van der Waals surface area (Å²) in [5.41, 5.74) is 6.93. The number of nitrogens with one attached hydrogen (secondary N) is 1. The average Bonchev–Trinajstić information content (AvgIpc) is 2.47. The summed E-state index contributed by atoms with van der Waals surface area (Å²) < 4.78 is 5.10. The van der Waals surface area contributed by atoms with Crippen molar-refractivity contribution < 1.29 is 9.53 Å². The first-order valence-electron chi connectivity index (χ1n) is 6.93. The normalized spacial score (nSPS) is 22.3. The first-order chi connectivity index (χ1) is 9.65. The number of amides is 1. The standard InChI is InChI=1S/C15H22N2O2S/c1-19-13-8-7-10(9-11(13)16)15(18)17-12-5-3-4-6-14(12)20-2/h7-9,12,14H,3-6,16H2,1-2H3,(H,17,18). The Balaban J connectivity index is 2.05. The van der Waals surface area contributed by atoms with Gasteiger partial charge in [0.2, 0.25) is 0 Å². The van der Waals surface area contributed by atoms with Gasteiger partial charge in [-0.15, -0.1) is 0 Å². The lowest BCUT2D eigenvalue weighted by molar-refractivity contribution is 0.0929. The Morgan fingerprint density at radius 2 is 2.15 bits per heavy atom. The van der Waals surface area contributed by atoms with Crippen LogP contribution in [0.3, 0.4) is 0 Å². The predicted octanol–water partition coefficient (Wildman–Crippen LogP) is 2.68. The molecule has 0 aromatic heterocycles. The number of ether oxygens (including phenoxy) is 1. The van der Waals surface area contributed by atoms with Crippen LogP contribution in [0.25, 0.3) is 0 Å². The molecule has 1 aromatic rings. The van der Waals surface area contributed by atoms with Gasteiger partial charge in [0.25, 0.3) is 5.91 Å². The molecule has 2 atom stereocenters. The van der Waals surface area contributed by atoms with Gasteiger partial charge in [-0.2, -0.15) is 11.8 Å². The third kappa shape index (κ3) is 3.39. The van der Waals surface area contributed by atoms with Crippen molar-refractivity contribution in [1.82, 2.24) is 5.32 Å². The van der Waals surface area contributed by atoms with Crippen molar-refractivity contribution in [3.05, 3.63) is 23.8 Å². The summed E-state index contributed by atoms with van der Waals surface area (Å²) >= 11 is 1.84. The van der Waals surface area contributed by atoms with E-state index in [4.69, 9.17) is 10.5 Å². The first-order valence-corrected chi connectivity index (χ1v) is 8.21. The lowest BCUT2D eigenvalue weighted by Crippen LogP contribution is -2.43. The maximum Gasteiger partial charge on any atom is 0.251 e.